The average Bonchev–Trinajstić information content (AvgIpc) is 3.20. The van der Waals surface area contributed by atoms with Gasteiger partial charge in [0.25, 0.3) is 0 Å². The van der Waals surface area contributed by atoms with E-state index >= 15 is 0 Å². The maximum Gasteiger partial charge on any atom is 0.215 e. The number of hydrogen-bond acceptors (Lipinski definition) is 5. The molecule has 0 atom stereocenters. The summed E-state index contributed by atoms with van der Waals surface area (Å²) in [5.41, 5.74) is 3.89. The molecule has 0 aliphatic rings. The van der Waals surface area contributed by atoms with Gasteiger partial charge in [0.1, 0.15) is 6.33 Å². The first kappa shape index (κ1) is 15.2. The molecule has 3 rings (SSSR count). The van der Waals surface area contributed by atoms with Crippen molar-refractivity contribution in [2.45, 2.75) is 13.3 Å². The highest BCUT2D eigenvalue weighted by atomic mass is 32.1. The molecule has 23 heavy (non-hydrogen) atoms. The number of aliphatic hydroxyl groups excluding tert-OH is 1. The number of ketones is 1. The molecule has 116 valence electrons. The number of allylic oxidation sites excluding steroid dienone is 1. The van der Waals surface area contributed by atoms with E-state index < -0.39 is 0 Å². The fraction of sp³-hybridized carbons (Fsp3) is 0.118. The Morgan fingerprint density at radius 3 is 2.78 bits per heavy atom. The van der Waals surface area contributed by atoms with Crippen molar-refractivity contribution in [3.63, 3.8) is 0 Å². The fourth-order valence-corrected chi connectivity index (χ4v) is 3.05. The highest BCUT2D eigenvalue weighted by molar-refractivity contribution is 7.08. The Kier molecular flexibility index (Phi) is 4.34. The van der Waals surface area contributed by atoms with E-state index in [0.717, 1.165) is 17.2 Å². The Bertz CT molecular complexity index is 833. The number of carbonyl (C=O) groups is 1. The number of thiophene rings is 1. The maximum absolute atomic E-state index is 12.4. The first-order valence-corrected chi connectivity index (χ1v) is 7.99. The first-order chi connectivity index (χ1) is 11.1. The van der Waals surface area contributed by atoms with Gasteiger partial charge in [0.2, 0.25) is 5.82 Å². The number of aryl methyl sites for hydroxylation is 1. The molecule has 0 aliphatic carbocycles. The smallest absolute Gasteiger partial charge is 0.215 e. The lowest BCUT2D eigenvalue weighted by Crippen LogP contribution is -2.00. The molecule has 0 saturated carbocycles. The molecule has 0 aliphatic heterocycles. The van der Waals surface area contributed by atoms with Gasteiger partial charge in [-0.15, -0.1) is 0 Å². The summed E-state index contributed by atoms with van der Waals surface area (Å²) in [6, 6.07) is 8.22. The lowest BCUT2D eigenvalue weighted by Gasteiger charge is -2.03. The third-order valence-electron chi connectivity index (χ3n) is 3.43. The van der Waals surface area contributed by atoms with Crippen LogP contribution in [0.3, 0.4) is 0 Å². The van der Waals surface area contributed by atoms with E-state index in [0.29, 0.717) is 12.0 Å². The minimum absolute atomic E-state index is 0.105. The van der Waals surface area contributed by atoms with Crippen molar-refractivity contribution in [1.82, 2.24) is 15.2 Å². The number of H-pyrrole nitrogens is 1. The van der Waals surface area contributed by atoms with Gasteiger partial charge in [0.15, 0.2) is 11.5 Å². The summed E-state index contributed by atoms with van der Waals surface area (Å²) in [6.07, 6.45) is 3.18. The van der Waals surface area contributed by atoms with E-state index in [1.165, 1.54) is 23.2 Å². The van der Waals surface area contributed by atoms with Gasteiger partial charge in [-0.25, -0.2) is 4.98 Å². The predicted octanol–water partition coefficient (Wildman–Crippen LogP) is 3.55. The van der Waals surface area contributed by atoms with Crippen LogP contribution in [0.2, 0.25) is 0 Å². The summed E-state index contributed by atoms with van der Waals surface area (Å²) in [4.78, 5) is 16.2. The Morgan fingerprint density at radius 1 is 1.30 bits per heavy atom. The molecule has 0 radical (unpaired) electrons. The second-order valence-electron chi connectivity index (χ2n) is 5.19. The molecule has 0 fully saturated rings. The molecule has 0 amide bonds. The van der Waals surface area contributed by atoms with E-state index in [9.17, 15) is 9.90 Å². The van der Waals surface area contributed by atoms with Gasteiger partial charge in [-0.3, -0.25) is 9.89 Å². The first-order valence-electron chi connectivity index (χ1n) is 7.05. The Balaban J connectivity index is 1.81. The van der Waals surface area contributed by atoms with Crippen molar-refractivity contribution in [2.24, 2.45) is 0 Å². The molecule has 5 nitrogen and oxygen atoms in total. The number of hydrogen-bond donors (Lipinski definition) is 2. The Labute approximate surface area is 137 Å². The SMILES string of the molecule is Cc1ccc(Cc2cscc2C(=O)C=C(O)c2nc[nH]n2)cc1. The molecule has 0 spiro atoms. The van der Waals surface area contributed by atoms with Crippen LogP contribution in [-0.4, -0.2) is 26.1 Å². The normalized spacial score (nSPS) is 11.6. The fourth-order valence-electron chi connectivity index (χ4n) is 2.20. The zero-order chi connectivity index (χ0) is 16.2. The van der Waals surface area contributed by atoms with Gasteiger partial charge >= 0.3 is 0 Å². The van der Waals surface area contributed by atoms with Gasteiger partial charge < -0.3 is 5.11 Å². The van der Waals surface area contributed by atoms with E-state index in [2.05, 4.69) is 39.4 Å². The second-order valence-corrected chi connectivity index (χ2v) is 5.93. The van der Waals surface area contributed by atoms with Crippen LogP contribution in [-0.2, 0) is 6.42 Å². The molecule has 2 N–H and O–H groups in total. The zero-order valence-corrected chi connectivity index (χ0v) is 13.3. The number of aromatic nitrogens is 3. The monoisotopic (exact) mass is 325 g/mol. The molecular formula is C17H15N3O2S. The zero-order valence-electron chi connectivity index (χ0n) is 12.5. The molecule has 2 heterocycles. The largest absolute Gasteiger partial charge is 0.504 e. The van der Waals surface area contributed by atoms with Crippen molar-refractivity contribution < 1.29 is 9.90 Å². The van der Waals surface area contributed by atoms with E-state index in [-0.39, 0.29) is 17.4 Å². The minimum atomic E-state index is -0.254. The van der Waals surface area contributed by atoms with Crippen LogP contribution < -0.4 is 0 Å². The number of benzene rings is 1. The van der Waals surface area contributed by atoms with Crippen LogP contribution in [0, 0.1) is 6.92 Å². The van der Waals surface area contributed by atoms with Gasteiger partial charge in [-0.05, 0) is 29.9 Å². The summed E-state index contributed by atoms with van der Waals surface area (Å²) in [5, 5.41) is 19.9. The molecule has 0 unspecified atom stereocenters. The van der Waals surface area contributed by atoms with Gasteiger partial charge in [0, 0.05) is 17.0 Å². The van der Waals surface area contributed by atoms with E-state index in [1.807, 2.05) is 12.3 Å². The van der Waals surface area contributed by atoms with Crippen LogP contribution in [0.1, 0.15) is 32.9 Å². The number of nitrogens with zero attached hydrogens (tertiary/aromatic N) is 2. The summed E-state index contributed by atoms with van der Waals surface area (Å²) in [6.45, 7) is 2.04. The number of carbonyl (C=O) groups excluding carboxylic acids is 1. The number of rotatable bonds is 5. The Hall–Kier alpha value is -2.73. The highest BCUT2D eigenvalue weighted by Gasteiger charge is 2.14. The summed E-state index contributed by atoms with van der Waals surface area (Å²) in [5.74, 6) is -0.395. The lowest BCUT2D eigenvalue weighted by atomic mass is 10.0. The lowest BCUT2D eigenvalue weighted by molar-refractivity contribution is 0.104. The third kappa shape index (κ3) is 3.54. The minimum Gasteiger partial charge on any atom is -0.504 e. The summed E-state index contributed by atoms with van der Waals surface area (Å²) in [7, 11) is 0. The van der Waals surface area contributed by atoms with Crippen molar-refractivity contribution in [2.75, 3.05) is 0 Å². The van der Waals surface area contributed by atoms with Crippen LogP contribution in [0.25, 0.3) is 5.76 Å². The van der Waals surface area contributed by atoms with E-state index in [1.54, 1.807) is 5.38 Å². The second kappa shape index (κ2) is 6.58. The molecule has 3 aromatic rings. The molecule has 6 heteroatoms. The molecule has 0 saturated heterocycles. The number of nitrogens with one attached hydrogen (secondary N) is 1. The molecule has 0 bridgehead atoms. The Morgan fingerprint density at radius 2 is 2.09 bits per heavy atom. The van der Waals surface area contributed by atoms with Crippen molar-refractivity contribution >= 4 is 22.9 Å². The number of aliphatic hydroxyl groups is 1. The summed E-state index contributed by atoms with van der Waals surface area (Å²) >= 11 is 1.47. The van der Waals surface area contributed by atoms with Crippen LogP contribution in [0.5, 0.6) is 0 Å². The summed E-state index contributed by atoms with van der Waals surface area (Å²) < 4.78 is 0. The van der Waals surface area contributed by atoms with Gasteiger partial charge in [-0.2, -0.15) is 16.4 Å². The van der Waals surface area contributed by atoms with Crippen molar-refractivity contribution in [3.8, 4) is 0 Å². The quantitative estimate of drug-likeness (QED) is 0.427. The van der Waals surface area contributed by atoms with Crippen LogP contribution >= 0.6 is 11.3 Å². The highest BCUT2D eigenvalue weighted by Crippen LogP contribution is 2.21. The topological polar surface area (TPSA) is 78.9 Å². The van der Waals surface area contributed by atoms with Crippen molar-refractivity contribution in [3.05, 3.63) is 75.5 Å². The van der Waals surface area contributed by atoms with Crippen molar-refractivity contribution in [1.29, 1.82) is 0 Å². The number of aromatic amines is 1. The van der Waals surface area contributed by atoms with Crippen LogP contribution in [0.4, 0.5) is 0 Å². The van der Waals surface area contributed by atoms with Gasteiger partial charge in [-0.1, -0.05) is 29.8 Å². The van der Waals surface area contributed by atoms with Gasteiger partial charge in [0.05, 0.1) is 0 Å². The predicted molar refractivity (Wildman–Crippen MR) is 89.6 cm³/mol. The molecule has 1 aromatic carbocycles. The standard InChI is InChI=1S/C17H15N3O2S/c1-11-2-4-12(5-3-11)6-13-8-23-9-14(13)15(21)7-16(22)17-18-10-19-20-17/h2-5,7-10,22H,6H2,1H3,(H,18,19,20). The third-order valence-corrected chi connectivity index (χ3v) is 4.23. The molecular weight excluding hydrogens is 310 g/mol. The molecule has 2 aromatic heterocycles. The maximum atomic E-state index is 12.4. The van der Waals surface area contributed by atoms with Crippen LogP contribution in [0.15, 0.2) is 47.4 Å². The average molecular weight is 325 g/mol. The van der Waals surface area contributed by atoms with E-state index in [4.69, 9.17) is 0 Å².